The summed E-state index contributed by atoms with van der Waals surface area (Å²) in [5.41, 5.74) is 0. The predicted octanol–water partition coefficient (Wildman–Crippen LogP) is 3.27. The van der Waals surface area contributed by atoms with E-state index in [0.29, 0.717) is 12.0 Å². The summed E-state index contributed by atoms with van der Waals surface area (Å²) in [6, 6.07) is 0.468. The third kappa shape index (κ3) is 3.41. The van der Waals surface area contributed by atoms with Crippen LogP contribution in [0.15, 0.2) is 0 Å². The first-order valence-corrected chi connectivity index (χ1v) is 7.12. The van der Waals surface area contributed by atoms with Crippen molar-refractivity contribution in [3.8, 4) is 0 Å². The maximum absolute atomic E-state index is 4.56. The zero-order valence-corrected chi connectivity index (χ0v) is 12.1. The van der Waals surface area contributed by atoms with Crippen molar-refractivity contribution in [2.45, 2.75) is 39.7 Å². The summed E-state index contributed by atoms with van der Waals surface area (Å²) in [5.74, 6) is 1.36. The van der Waals surface area contributed by atoms with Gasteiger partial charge in [0, 0.05) is 35.4 Å². The van der Waals surface area contributed by atoms with Crippen LogP contribution in [0.1, 0.15) is 39.4 Å². The monoisotopic (exact) mass is 291 g/mol. The second-order valence-corrected chi connectivity index (χ2v) is 5.59. The summed E-state index contributed by atoms with van der Waals surface area (Å²) in [7, 11) is 0. The molecule has 0 saturated heterocycles. The van der Waals surface area contributed by atoms with Gasteiger partial charge in [-0.2, -0.15) is 4.37 Å². The summed E-state index contributed by atoms with van der Waals surface area (Å²) >= 11 is 4.96. The van der Waals surface area contributed by atoms with Gasteiger partial charge >= 0.3 is 0 Å². The van der Waals surface area contributed by atoms with Crippen molar-refractivity contribution < 1.29 is 0 Å². The Morgan fingerprint density at radius 3 is 2.40 bits per heavy atom. The molecular weight excluding hydrogens is 274 g/mol. The molecule has 86 valence electrons. The van der Waals surface area contributed by atoms with Crippen LogP contribution in [0.5, 0.6) is 0 Å². The van der Waals surface area contributed by atoms with Crippen molar-refractivity contribution in [1.82, 2.24) is 9.36 Å². The van der Waals surface area contributed by atoms with E-state index in [9.17, 15) is 0 Å². The number of halogens is 1. The second kappa shape index (κ2) is 5.80. The highest BCUT2D eigenvalue weighted by molar-refractivity contribution is 9.09. The highest BCUT2D eigenvalue weighted by Crippen LogP contribution is 2.22. The van der Waals surface area contributed by atoms with Crippen molar-refractivity contribution in [3.05, 3.63) is 5.82 Å². The smallest absolute Gasteiger partial charge is 0.205 e. The molecule has 0 bridgehead atoms. The van der Waals surface area contributed by atoms with Crippen molar-refractivity contribution in [2.24, 2.45) is 0 Å². The van der Waals surface area contributed by atoms with Gasteiger partial charge < -0.3 is 4.90 Å². The molecule has 0 aliphatic carbocycles. The third-order valence-electron chi connectivity index (χ3n) is 2.14. The molecule has 0 fully saturated rings. The van der Waals surface area contributed by atoms with Crippen molar-refractivity contribution in [1.29, 1.82) is 0 Å². The Hall–Kier alpha value is -0.160. The van der Waals surface area contributed by atoms with Crippen LogP contribution in [0, 0.1) is 0 Å². The SMILES string of the molecule is CC(C)c1nsc(N(CCBr)C(C)C)n1. The third-order valence-corrected chi connectivity index (χ3v) is 3.26. The quantitative estimate of drug-likeness (QED) is 0.780. The molecule has 15 heavy (non-hydrogen) atoms. The minimum Gasteiger partial charge on any atom is -0.344 e. The fourth-order valence-electron chi connectivity index (χ4n) is 1.24. The zero-order chi connectivity index (χ0) is 11.4. The summed E-state index contributed by atoms with van der Waals surface area (Å²) in [6.45, 7) is 9.58. The number of hydrogen-bond donors (Lipinski definition) is 0. The van der Waals surface area contributed by atoms with E-state index in [1.807, 2.05) is 0 Å². The van der Waals surface area contributed by atoms with Crippen molar-refractivity contribution in [3.63, 3.8) is 0 Å². The Bertz CT molecular complexity index is 299. The number of hydrogen-bond acceptors (Lipinski definition) is 4. The molecule has 1 aromatic heterocycles. The second-order valence-electron chi connectivity index (χ2n) is 4.07. The molecule has 3 nitrogen and oxygen atoms in total. The zero-order valence-electron chi connectivity index (χ0n) is 9.70. The molecule has 0 saturated carbocycles. The van der Waals surface area contributed by atoms with E-state index in [4.69, 9.17) is 0 Å². The lowest BCUT2D eigenvalue weighted by atomic mass is 10.2. The number of anilines is 1. The number of alkyl halides is 1. The molecule has 1 rings (SSSR count). The predicted molar refractivity (Wildman–Crippen MR) is 70.3 cm³/mol. The van der Waals surface area contributed by atoms with Crippen LogP contribution in [-0.4, -0.2) is 27.3 Å². The first kappa shape index (κ1) is 12.9. The van der Waals surface area contributed by atoms with Crippen LogP contribution in [-0.2, 0) is 0 Å². The fourth-order valence-corrected chi connectivity index (χ4v) is 2.59. The largest absolute Gasteiger partial charge is 0.344 e. The van der Waals surface area contributed by atoms with Gasteiger partial charge in [-0.25, -0.2) is 4.98 Å². The molecule has 0 aliphatic heterocycles. The summed E-state index contributed by atoms with van der Waals surface area (Å²) in [4.78, 5) is 6.84. The Balaban J connectivity index is 2.81. The van der Waals surface area contributed by atoms with Crippen LogP contribution >= 0.6 is 27.5 Å². The summed E-state index contributed by atoms with van der Waals surface area (Å²) in [6.07, 6.45) is 0. The van der Waals surface area contributed by atoms with Crippen LogP contribution in [0.4, 0.5) is 5.13 Å². The Morgan fingerprint density at radius 1 is 1.33 bits per heavy atom. The van der Waals surface area contributed by atoms with E-state index in [-0.39, 0.29) is 0 Å². The highest BCUT2D eigenvalue weighted by atomic mass is 79.9. The minimum atomic E-state index is 0.410. The topological polar surface area (TPSA) is 29.0 Å². The van der Waals surface area contributed by atoms with E-state index in [2.05, 4.69) is 57.9 Å². The van der Waals surface area contributed by atoms with E-state index in [0.717, 1.165) is 22.8 Å². The molecular formula is C10H18BrN3S. The molecule has 0 atom stereocenters. The van der Waals surface area contributed by atoms with E-state index < -0.39 is 0 Å². The lowest BCUT2D eigenvalue weighted by molar-refractivity contribution is 0.699. The molecule has 0 radical (unpaired) electrons. The molecule has 0 unspecified atom stereocenters. The minimum absolute atomic E-state index is 0.410. The lowest BCUT2D eigenvalue weighted by Crippen LogP contribution is -2.32. The summed E-state index contributed by atoms with van der Waals surface area (Å²) < 4.78 is 4.37. The van der Waals surface area contributed by atoms with Gasteiger partial charge in [0.1, 0.15) is 5.82 Å². The molecule has 0 aliphatic rings. The maximum Gasteiger partial charge on any atom is 0.205 e. The molecule has 0 N–H and O–H groups in total. The molecule has 0 amide bonds. The van der Waals surface area contributed by atoms with Gasteiger partial charge in [0.25, 0.3) is 0 Å². The average molecular weight is 292 g/mol. The maximum atomic E-state index is 4.56. The van der Waals surface area contributed by atoms with Crippen molar-refractivity contribution >= 4 is 32.6 Å². The normalized spacial score (nSPS) is 11.4. The van der Waals surface area contributed by atoms with E-state index in [1.54, 1.807) is 0 Å². The number of rotatable bonds is 5. The highest BCUT2D eigenvalue weighted by Gasteiger charge is 2.15. The van der Waals surface area contributed by atoms with Gasteiger partial charge in [-0.15, -0.1) is 0 Å². The Labute approximate surface area is 104 Å². The fraction of sp³-hybridized carbons (Fsp3) is 0.800. The van der Waals surface area contributed by atoms with Gasteiger partial charge in [-0.3, -0.25) is 0 Å². The molecule has 1 aromatic rings. The molecule has 0 spiro atoms. The van der Waals surface area contributed by atoms with Crippen LogP contribution < -0.4 is 4.90 Å². The van der Waals surface area contributed by atoms with E-state index in [1.165, 1.54) is 11.5 Å². The van der Waals surface area contributed by atoms with E-state index >= 15 is 0 Å². The Kier molecular flexibility index (Phi) is 4.99. The first-order chi connectivity index (χ1) is 7.06. The van der Waals surface area contributed by atoms with Crippen LogP contribution in [0.3, 0.4) is 0 Å². The number of nitrogens with zero attached hydrogens (tertiary/aromatic N) is 3. The van der Waals surface area contributed by atoms with Gasteiger partial charge in [-0.1, -0.05) is 29.8 Å². The van der Waals surface area contributed by atoms with Gasteiger partial charge in [0.15, 0.2) is 0 Å². The number of aromatic nitrogens is 2. The van der Waals surface area contributed by atoms with Gasteiger partial charge in [-0.05, 0) is 13.8 Å². The van der Waals surface area contributed by atoms with Gasteiger partial charge in [0.05, 0.1) is 0 Å². The molecule has 1 heterocycles. The standard InChI is InChI=1S/C10H18BrN3S/c1-7(2)9-12-10(15-13-9)14(6-5-11)8(3)4/h7-8H,5-6H2,1-4H3. The van der Waals surface area contributed by atoms with Crippen LogP contribution in [0.2, 0.25) is 0 Å². The molecule has 0 aromatic carbocycles. The van der Waals surface area contributed by atoms with Gasteiger partial charge in [0.2, 0.25) is 5.13 Å². The first-order valence-electron chi connectivity index (χ1n) is 5.22. The lowest BCUT2D eigenvalue weighted by Gasteiger charge is -2.24. The average Bonchev–Trinajstić information content (AvgIpc) is 2.62. The molecule has 5 heteroatoms. The van der Waals surface area contributed by atoms with Crippen molar-refractivity contribution in [2.75, 3.05) is 16.8 Å². The summed E-state index contributed by atoms with van der Waals surface area (Å²) in [5, 5.41) is 2.00. The van der Waals surface area contributed by atoms with Crippen LogP contribution in [0.25, 0.3) is 0 Å². The Morgan fingerprint density at radius 2 is 2.00 bits per heavy atom.